The molecule has 6 heteroatoms. The molecule has 1 aromatic carbocycles. The van der Waals surface area contributed by atoms with Gasteiger partial charge in [-0.25, -0.2) is 4.79 Å². The van der Waals surface area contributed by atoms with Crippen molar-refractivity contribution in [1.82, 2.24) is 10.2 Å². The molecule has 1 heterocycles. The van der Waals surface area contributed by atoms with E-state index in [0.29, 0.717) is 13.1 Å². The first-order chi connectivity index (χ1) is 9.72. The second-order valence-corrected chi connectivity index (χ2v) is 4.50. The number of carbonyl (C=O) groups is 2. The quantitative estimate of drug-likeness (QED) is 0.883. The largest absolute Gasteiger partial charge is 0.445 e. The van der Waals surface area contributed by atoms with Gasteiger partial charge in [0, 0.05) is 20.2 Å². The van der Waals surface area contributed by atoms with E-state index in [1.54, 1.807) is 0 Å². The molecule has 1 fully saturated rings. The van der Waals surface area contributed by atoms with Crippen LogP contribution in [0.3, 0.4) is 0 Å². The van der Waals surface area contributed by atoms with Gasteiger partial charge in [0.05, 0.1) is 6.61 Å². The first kappa shape index (κ1) is 14.3. The molecule has 6 nitrogen and oxygen atoms in total. The minimum atomic E-state index is -0.628. The number of amides is 2. The Morgan fingerprint density at radius 3 is 2.85 bits per heavy atom. The summed E-state index contributed by atoms with van der Waals surface area (Å²) in [6.07, 6.45) is -0.495. The predicted octanol–water partition coefficient (Wildman–Crippen LogP) is 0.770. The summed E-state index contributed by atoms with van der Waals surface area (Å²) in [4.78, 5) is 25.2. The first-order valence-corrected chi connectivity index (χ1v) is 6.46. The van der Waals surface area contributed by atoms with Gasteiger partial charge in [-0.15, -0.1) is 0 Å². The number of carbonyl (C=O) groups excluding carboxylic acids is 2. The highest BCUT2D eigenvalue weighted by Crippen LogP contribution is 2.09. The molecule has 1 aliphatic rings. The van der Waals surface area contributed by atoms with Crippen LogP contribution in [0.15, 0.2) is 30.3 Å². The Bertz CT molecular complexity index is 464. The van der Waals surface area contributed by atoms with Crippen LogP contribution in [0.25, 0.3) is 0 Å². The number of rotatable bonds is 4. The van der Waals surface area contributed by atoms with Gasteiger partial charge in [0.2, 0.25) is 5.91 Å². The van der Waals surface area contributed by atoms with Crippen molar-refractivity contribution < 1.29 is 19.1 Å². The monoisotopic (exact) mass is 278 g/mol. The number of piperazine rings is 1. The van der Waals surface area contributed by atoms with Crippen molar-refractivity contribution in [2.45, 2.75) is 12.6 Å². The summed E-state index contributed by atoms with van der Waals surface area (Å²) in [5.74, 6) is -0.213. The van der Waals surface area contributed by atoms with Crippen molar-refractivity contribution >= 4 is 12.0 Å². The highest BCUT2D eigenvalue weighted by atomic mass is 16.6. The van der Waals surface area contributed by atoms with E-state index in [-0.39, 0.29) is 19.1 Å². The molecular formula is C14H18N2O4. The smallest absolute Gasteiger partial charge is 0.410 e. The van der Waals surface area contributed by atoms with Crippen LogP contribution < -0.4 is 5.32 Å². The molecule has 0 radical (unpaired) electrons. The Hall–Kier alpha value is -2.08. The van der Waals surface area contributed by atoms with Gasteiger partial charge in [0.15, 0.2) is 0 Å². The van der Waals surface area contributed by atoms with Crippen molar-refractivity contribution in [2.75, 3.05) is 26.8 Å². The molecule has 0 aromatic heterocycles. The van der Waals surface area contributed by atoms with Crippen LogP contribution in [0.4, 0.5) is 4.79 Å². The zero-order valence-electron chi connectivity index (χ0n) is 11.4. The minimum absolute atomic E-state index is 0.159. The molecular weight excluding hydrogens is 260 g/mol. The molecule has 2 rings (SSSR count). The number of methoxy groups -OCH3 is 1. The van der Waals surface area contributed by atoms with Crippen LogP contribution in [0, 0.1) is 0 Å². The summed E-state index contributed by atoms with van der Waals surface area (Å²) in [5, 5.41) is 2.71. The fraction of sp³-hybridized carbons (Fsp3) is 0.429. The number of hydrogen-bond acceptors (Lipinski definition) is 4. The lowest BCUT2D eigenvalue weighted by Crippen LogP contribution is -2.58. The van der Waals surface area contributed by atoms with E-state index in [0.717, 1.165) is 5.56 Å². The molecule has 0 unspecified atom stereocenters. The molecule has 20 heavy (non-hydrogen) atoms. The van der Waals surface area contributed by atoms with E-state index in [9.17, 15) is 9.59 Å². The molecule has 0 aliphatic carbocycles. The van der Waals surface area contributed by atoms with Gasteiger partial charge in [0.25, 0.3) is 0 Å². The second kappa shape index (κ2) is 6.91. The molecule has 0 spiro atoms. The standard InChI is InChI=1S/C14H18N2O4/c1-19-10-12-13(17)15-7-8-16(12)14(18)20-9-11-5-3-2-4-6-11/h2-6,12H,7-10H2,1H3,(H,15,17)/t12-/m0/s1. The lowest BCUT2D eigenvalue weighted by molar-refractivity contribution is -0.130. The second-order valence-electron chi connectivity index (χ2n) is 4.50. The summed E-state index contributed by atoms with van der Waals surface area (Å²) in [6.45, 7) is 1.20. The Balaban J connectivity index is 1.94. The van der Waals surface area contributed by atoms with Gasteiger partial charge in [0.1, 0.15) is 12.6 Å². The Kier molecular flexibility index (Phi) is 4.95. The third kappa shape index (κ3) is 3.48. The molecule has 0 bridgehead atoms. The van der Waals surface area contributed by atoms with Crippen LogP contribution >= 0.6 is 0 Å². The number of benzene rings is 1. The lowest BCUT2D eigenvalue weighted by Gasteiger charge is -2.33. The summed E-state index contributed by atoms with van der Waals surface area (Å²) in [5.41, 5.74) is 0.908. The number of nitrogens with one attached hydrogen (secondary N) is 1. The van der Waals surface area contributed by atoms with Crippen molar-refractivity contribution in [3.63, 3.8) is 0 Å². The maximum atomic E-state index is 12.1. The molecule has 1 N–H and O–H groups in total. The van der Waals surface area contributed by atoms with E-state index < -0.39 is 12.1 Å². The fourth-order valence-corrected chi connectivity index (χ4v) is 2.06. The average molecular weight is 278 g/mol. The van der Waals surface area contributed by atoms with Gasteiger partial charge in [-0.05, 0) is 5.56 Å². The molecule has 1 saturated heterocycles. The summed E-state index contributed by atoms with van der Waals surface area (Å²) >= 11 is 0. The van der Waals surface area contributed by atoms with E-state index in [1.807, 2.05) is 30.3 Å². The third-order valence-corrected chi connectivity index (χ3v) is 3.09. The normalized spacial score (nSPS) is 18.6. The Labute approximate surface area is 117 Å². The van der Waals surface area contributed by atoms with Gasteiger partial charge in [-0.1, -0.05) is 30.3 Å². The van der Waals surface area contributed by atoms with Crippen molar-refractivity contribution in [2.24, 2.45) is 0 Å². The van der Waals surface area contributed by atoms with Gasteiger partial charge < -0.3 is 14.8 Å². The average Bonchev–Trinajstić information content (AvgIpc) is 2.48. The SMILES string of the molecule is COC[C@H]1C(=O)NCCN1C(=O)OCc1ccccc1. The third-order valence-electron chi connectivity index (χ3n) is 3.09. The van der Waals surface area contributed by atoms with Crippen LogP contribution in [-0.4, -0.2) is 49.7 Å². The van der Waals surface area contributed by atoms with E-state index in [1.165, 1.54) is 12.0 Å². The van der Waals surface area contributed by atoms with Gasteiger partial charge >= 0.3 is 6.09 Å². The van der Waals surface area contributed by atoms with Crippen LogP contribution in [0.5, 0.6) is 0 Å². The fourth-order valence-electron chi connectivity index (χ4n) is 2.06. The zero-order chi connectivity index (χ0) is 14.4. The molecule has 1 aliphatic heterocycles. The summed E-state index contributed by atoms with van der Waals surface area (Å²) in [6, 6.07) is 8.79. The highest BCUT2D eigenvalue weighted by Gasteiger charge is 2.33. The first-order valence-electron chi connectivity index (χ1n) is 6.46. The van der Waals surface area contributed by atoms with Gasteiger partial charge in [-0.3, -0.25) is 9.69 Å². The summed E-state index contributed by atoms with van der Waals surface area (Å²) < 4.78 is 10.2. The van der Waals surface area contributed by atoms with Gasteiger partial charge in [-0.2, -0.15) is 0 Å². The van der Waals surface area contributed by atoms with Crippen molar-refractivity contribution in [3.8, 4) is 0 Å². The Morgan fingerprint density at radius 1 is 1.40 bits per heavy atom. The molecule has 2 amide bonds. The molecule has 0 saturated carbocycles. The zero-order valence-corrected chi connectivity index (χ0v) is 11.4. The van der Waals surface area contributed by atoms with E-state index in [2.05, 4.69) is 5.32 Å². The van der Waals surface area contributed by atoms with E-state index in [4.69, 9.17) is 9.47 Å². The highest BCUT2D eigenvalue weighted by molar-refractivity contribution is 5.86. The molecule has 108 valence electrons. The number of ether oxygens (including phenoxy) is 2. The number of hydrogen-bond donors (Lipinski definition) is 1. The molecule has 1 aromatic rings. The van der Waals surface area contributed by atoms with Crippen LogP contribution in [-0.2, 0) is 20.9 Å². The Morgan fingerprint density at radius 2 is 2.15 bits per heavy atom. The lowest BCUT2D eigenvalue weighted by atomic mass is 10.2. The van der Waals surface area contributed by atoms with Crippen molar-refractivity contribution in [3.05, 3.63) is 35.9 Å². The maximum absolute atomic E-state index is 12.1. The number of nitrogens with zero attached hydrogens (tertiary/aromatic N) is 1. The van der Waals surface area contributed by atoms with E-state index >= 15 is 0 Å². The topological polar surface area (TPSA) is 67.9 Å². The van der Waals surface area contributed by atoms with Crippen LogP contribution in [0.1, 0.15) is 5.56 Å². The maximum Gasteiger partial charge on any atom is 0.410 e. The minimum Gasteiger partial charge on any atom is -0.445 e. The van der Waals surface area contributed by atoms with Crippen molar-refractivity contribution in [1.29, 1.82) is 0 Å². The summed E-state index contributed by atoms with van der Waals surface area (Å²) in [7, 11) is 1.50. The molecule has 1 atom stereocenters. The van der Waals surface area contributed by atoms with Crippen LogP contribution in [0.2, 0.25) is 0 Å². The predicted molar refractivity (Wildman–Crippen MR) is 72.0 cm³/mol.